The van der Waals surface area contributed by atoms with Gasteiger partial charge in [0, 0.05) is 32.3 Å². The van der Waals surface area contributed by atoms with Gasteiger partial charge < -0.3 is 10.5 Å². The van der Waals surface area contributed by atoms with Crippen LogP contribution in [0.25, 0.3) is 0 Å². The van der Waals surface area contributed by atoms with Gasteiger partial charge in [0.15, 0.2) is 0 Å². The molecular formula is C12H24N2OS. The monoisotopic (exact) mass is 244 g/mol. The number of likely N-dealkylation sites (tertiary alicyclic amines) is 1. The van der Waals surface area contributed by atoms with Crippen LogP contribution in [0.2, 0.25) is 0 Å². The summed E-state index contributed by atoms with van der Waals surface area (Å²) in [5.41, 5.74) is 5.91. The number of ether oxygens (including phenoxy) is 1. The van der Waals surface area contributed by atoms with Crippen molar-refractivity contribution in [1.29, 1.82) is 0 Å². The molecule has 0 aliphatic carbocycles. The molecular weight excluding hydrogens is 220 g/mol. The second-order valence-electron chi connectivity index (χ2n) is 4.85. The highest BCUT2D eigenvalue weighted by Gasteiger charge is 2.32. The topological polar surface area (TPSA) is 38.5 Å². The van der Waals surface area contributed by atoms with Gasteiger partial charge in [0.25, 0.3) is 0 Å². The molecule has 2 heterocycles. The number of rotatable bonds is 3. The van der Waals surface area contributed by atoms with Crippen LogP contribution < -0.4 is 5.73 Å². The molecule has 2 N–H and O–H groups in total. The second-order valence-corrected chi connectivity index (χ2v) is 6.08. The number of hydrogen-bond acceptors (Lipinski definition) is 4. The van der Waals surface area contributed by atoms with E-state index in [0.29, 0.717) is 12.1 Å². The van der Waals surface area contributed by atoms with E-state index >= 15 is 0 Å². The summed E-state index contributed by atoms with van der Waals surface area (Å²) < 4.78 is 5.47. The van der Waals surface area contributed by atoms with Gasteiger partial charge in [0.05, 0.1) is 6.10 Å². The molecule has 0 bridgehead atoms. The highest BCUT2D eigenvalue weighted by Crippen LogP contribution is 2.28. The van der Waals surface area contributed by atoms with E-state index in [1.165, 1.54) is 37.3 Å². The molecule has 0 amide bonds. The van der Waals surface area contributed by atoms with Gasteiger partial charge >= 0.3 is 0 Å². The van der Waals surface area contributed by atoms with E-state index in [-0.39, 0.29) is 0 Å². The molecule has 2 fully saturated rings. The normalized spacial score (nSPS) is 34.1. The summed E-state index contributed by atoms with van der Waals surface area (Å²) in [6, 6.07) is 1.33. The lowest BCUT2D eigenvalue weighted by atomic mass is 9.95. The lowest BCUT2D eigenvalue weighted by Gasteiger charge is -2.44. The lowest BCUT2D eigenvalue weighted by Crippen LogP contribution is -2.53. The van der Waals surface area contributed by atoms with Crippen LogP contribution in [0.5, 0.6) is 0 Å². The summed E-state index contributed by atoms with van der Waals surface area (Å²) >= 11 is 2.09. The second kappa shape index (κ2) is 6.24. The fraction of sp³-hybridized carbons (Fsp3) is 1.00. The van der Waals surface area contributed by atoms with Crippen LogP contribution in [-0.2, 0) is 4.74 Å². The number of hydrogen-bond donors (Lipinski definition) is 1. The van der Waals surface area contributed by atoms with Crippen LogP contribution >= 0.6 is 11.8 Å². The van der Waals surface area contributed by atoms with Gasteiger partial charge in [-0.2, -0.15) is 11.8 Å². The van der Waals surface area contributed by atoms with E-state index in [0.717, 1.165) is 19.0 Å². The Morgan fingerprint density at radius 1 is 1.31 bits per heavy atom. The predicted molar refractivity (Wildman–Crippen MR) is 69.9 cm³/mol. The molecule has 0 aromatic heterocycles. The first kappa shape index (κ1) is 12.7. The molecule has 3 nitrogen and oxygen atoms in total. The van der Waals surface area contributed by atoms with Gasteiger partial charge in [-0.15, -0.1) is 0 Å². The first-order valence-corrected chi connectivity index (χ1v) is 7.57. The maximum atomic E-state index is 5.91. The maximum Gasteiger partial charge on any atom is 0.0599 e. The molecule has 2 rings (SSSR count). The Balaban J connectivity index is 1.92. The van der Waals surface area contributed by atoms with Crippen LogP contribution in [0.4, 0.5) is 0 Å². The van der Waals surface area contributed by atoms with Crippen molar-refractivity contribution in [2.24, 2.45) is 5.73 Å². The zero-order valence-electron chi connectivity index (χ0n) is 10.2. The number of methoxy groups -OCH3 is 1. The van der Waals surface area contributed by atoms with Crippen molar-refractivity contribution in [1.82, 2.24) is 4.90 Å². The van der Waals surface area contributed by atoms with Gasteiger partial charge in [-0.1, -0.05) is 0 Å². The third-order valence-electron chi connectivity index (χ3n) is 3.98. The molecule has 16 heavy (non-hydrogen) atoms. The van der Waals surface area contributed by atoms with Crippen molar-refractivity contribution < 1.29 is 4.74 Å². The molecule has 4 heteroatoms. The zero-order valence-corrected chi connectivity index (χ0v) is 11.0. The fourth-order valence-electron chi connectivity index (χ4n) is 2.98. The Morgan fingerprint density at radius 2 is 2.06 bits per heavy atom. The van der Waals surface area contributed by atoms with Crippen molar-refractivity contribution in [3.05, 3.63) is 0 Å². The summed E-state index contributed by atoms with van der Waals surface area (Å²) in [7, 11) is 1.82. The Bertz CT molecular complexity index is 209. The molecule has 0 spiro atoms. The summed E-state index contributed by atoms with van der Waals surface area (Å²) in [6.45, 7) is 1.96. The standard InChI is InChI=1S/C12H24N2OS/c1-15-12-2-5-14(11(8-12)9-13)10-3-6-16-7-4-10/h10-12H,2-9,13H2,1H3. The molecule has 0 radical (unpaired) electrons. The molecule has 2 aliphatic heterocycles. The first-order chi connectivity index (χ1) is 7.85. The summed E-state index contributed by atoms with van der Waals surface area (Å²) in [5, 5.41) is 0. The number of piperidine rings is 1. The number of nitrogens with two attached hydrogens (primary N) is 1. The van der Waals surface area contributed by atoms with E-state index < -0.39 is 0 Å². The number of thioether (sulfide) groups is 1. The molecule has 0 saturated carbocycles. The Labute approximate surface area is 103 Å². The van der Waals surface area contributed by atoms with Crippen molar-refractivity contribution in [3.8, 4) is 0 Å². The smallest absolute Gasteiger partial charge is 0.0599 e. The zero-order chi connectivity index (χ0) is 11.4. The SMILES string of the molecule is COC1CCN(C2CCSCC2)C(CN)C1. The minimum atomic E-state index is 0.433. The largest absolute Gasteiger partial charge is 0.381 e. The Hall–Kier alpha value is 0.230. The summed E-state index contributed by atoms with van der Waals surface area (Å²) in [6.07, 6.45) is 5.42. The van der Waals surface area contributed by atoms with Crippen molar-refractivity contribution >= 4 is 11.8 Å². The van der Waals surface area contributed by atoms with Crippen LogP contribution in [0.15, 0.2) is 0 Å². The Kier molecular flexibility index (Phi) is 4.95. The van der Waals surface area contributed by atoms with Crippen LogP contribution in [0.1, 0.15) is 25.7 Å². The van der Waals surface area contributed by atoms with Gasteiger partial charge in [-0.25, -0.2) is 0 Å². The van der Waals surface area contributed by atoms with E-state index in [1.807, 2.05) is 7.11 Å². The predicted octanol–water partition coefficient (Wildman–Crippen LogP) is 1.32. The molecule has 2 saturated heterocycles. The summed E-state index contributed by atoms with van der Waals surface area (Å²) in [4.78, 5) is 2.66. The minimum absolute atomic E-state index is 0.433. The van der Waals surface area contributed by atoms with Gasteiger partial charge in [0.1, 0.15) is 0 Å². The van der Waals surface area contributed by atoms with Gasteiger partial charge in [0.2, 0.25) is 0 Å². The molecule has 0 aromatic carbocycles. The average Bonchev–Trinajstić information content (AvgIpc) is 2.39. The van der Waals surface area contributed by atoms with Crippen molar-refractivity contribution in [2.75, 3.05) is 31.7 Å². The van der Waals surface area contributed by atoms with Crippen molar-refractivity contribution in [3.63, 3.8) is 0 Å². The highest BCUT2D eigenvalue weighted by molar-refractivity contribution is 7.99. The maximum absolute atomic E-state index is 5.91. The Morgan fingerprint density at radius 3 is 2.69 bits per heavy atom. The van der Waals surface area contributed by atoms with Gasteiger partial charge in [-0.3, -0.25) is 4.90 Å². The van der Waals surface area contributed by atoms with Crippen molar-refractivity contribution in [2.45, 2.75) is 43.9 Å². The molecule has 0 aromatic rings. The van der Waals surface area contributed by atoms with Crippen LogP contribution in [0.3, 0.4) is 0 Å². The highest BCUT2D eigenvalue weighted by atomic mass is 32.2. The van der Waals surface area contributed by atoms with Gasteiger partial charge in [-0.05, 0) is 37.2 Å². The van der Waals surface area contributed by atoms with E-state index in [2.05, 4.69) is 16.7 Å². The summed E-state index contributed by atoms with van der Waals surface area (Å²) in [5.74, 6) is 2.65. The fourth-order valence-corrected chi connectivity index (χ4v) is 4.06. The quantitative estimate of drug-likeness (QED) is 0.812. The average molecular weight is 244 g/mol. The third kappa shape index (κ3) is 2.92. The first-order valence-electron chi connectivity index (χ1n) is 6.41. The lowest BCUT2D eigenvalue weighted by molar-refractivity contribution is -0.00562. The third-order valence-corrected chi connectivity index (χ3v) is 5.03. The molecule has 94 valence electrons. The van der Waals surface area contributed by atoms with Crippen LogP contribution in [-0.4, -0.2) is 54.8 Å². The minimum Gasteiger partial charge on any atom is -0.381 e. The van der Waals surface area contributed by atoms with E-state index in [1.54, 1.807) is 0 Å². The number of nitrogens with zero attached hydrogens (tertiary/aromatic N) is 1. The molecule has 2 unspecified atom stereocenters. The molecule has 2 aliphatic rings. The molecule has 2 atom stereocenters. The van der Waals surface area contributed by atoms with E-state index in [9.17, 15) is 0 Å². The van der Waals surface area contributed by atoms with Crippen LogP contribution in [0, 0.1) is 0 Å². The van der Waals surface area contributed by atoms with E-state index in [4.69, 9.17) is 10.5 Å².